The van der Waals surface area contributed by atoms with Gasteiger partial charge in [-0.05, 0) is 300 Å². The first-order valence-corrected chi connectivity index (χ1v) is 44.7. The molecule has 10 aromatic carbocycles. The van der Waals surface area contributed by atoms with Crippen molar-refractivity contribution in [3.63, 3.8) is 0 Å². The predicted molar refractivity (Wildman–Crippen MR) is 516 cm³/mol. The summed E-state index contributed by atoms with van der Waals surface area (Å²) in [6.45, 7) is 33.7. The third-order valence-corrected chi connectivity index (χ3v) is 20.3. The summed E-state index contributed by atoms with van der Waals surface area (Å²) in [5.41, 5.74) is 7.88. The molecular formula is C110H122O24. The lowest BCUT2D eigenvalue weighted by molar-refractivity contribution is -0.287. The minimum Gasteiger partial charge on any atom is -0.494 e. The van der Waals surface area contributed by atoms with Crippen molar-refractivity contribution in [3.8, 4) is 69.0 Å². The lowest BCUT2D eigenvalue weighted by Crippen LogP contribution is -2.11. The molecule has 0 saturated heterocycles. The molecule has 24 nitrogen and oxygen atoms in total. The van der Waals surface area contributed by atoms with Crippen LogP contribution in [0.4, 0.5) is 0 Å². The second kappa shape index (κ2) is 61.4. The summed E-state index contributed by atoms with van der Waals surface area (Å²) in [5, 5.41) is 0. The Morgan fingerprint density at radius 3 is 0.963 bits per heavy atom. The van der Waals surface area contributed by atoms with Crippen molar-refractivity contribution >= 4 is 48.0 Å². The summed E-state index contributed by atoms with van der Waals surface area (Å²) in [4.78, 5) is 91.1. The van der Waals surface area contributed by atoms with Gasteiger partial charge in [-0.3, -0.25) is 0 Å². The zero-order chi connectivity index (χ0) is 95.5. The highest BCUT2D eigenvalue weighted by Gasteiger charge is 2.21. The van der Waals surface area contributed by atoms with E-state index in [4.69, 9.17) is 85.9 Å². The molecule has 11 rings (SSSR count). The van der Waals surface area contributed by atoms with E-state index in [-0.39, 0.29) is 32.1 Å². The minimum atomic E-state index is -0.502. The second-order valence-corrected chi connectivity index (χ2v) is 30.7. The van der Waals surface area contributed by atoms with E-state index in [1.807, 2.05) is 106 Å². The van der Waals surface area contributed by atoms with Gasteiger partial charge in [-0.1, -0.05) is 131 Å². The van der Waals surface area contributed by atoms with Gasteiger partial charge in [0, 0.05) is 25.0 Å². The lowest BCUT2D eigenvalue weighted by atomic mass is 9.79. The molecule has 706 valence electrons. The normalized spacial score (nSPS) is 12.1. The maximum Gasteiger partial charge on any atom is 0.343 e. The molecule has 1 aliphatic carbocycles. The molecule has 1 saturated carbocycles. The number of benzene rings is 10. The zero-order valence-corrected chi connectivity index (χ0v) is 77.0. The number of rotatable bonds is 53. The van der Waals surface area contributed by atoms with E-state index in [1.165, 1.54) is 31.2 Å². The van der Waals surface area contributed by atoms with Crippen molar-refractivity contribution in [1.29, 1.82) is 0 Å². The summed E-state index contributed by atoms with van der Waals surface area (Å²) < 4.78 is 77.4. The van der Waals surface area contributed by atoms with E-state index in [0.717, 1.165) is 103 Å². The quantitative estimate of drug-likeness (QED) is 0.00501. The van der Waals surface area contributed by atoms with Crippen molar-refractivity contribution in [1.82, 2.24) is 0 Å². The molecule has 10 aromatic rings. The Morgan fingerprint density at radius 1 is 0.299 bits per heavy atom. The number of ether oxygens (including phenoxy) is 14. The predicted octanol–water partition coefficient (Wildman–Crippen LogP) is 24.1. The molecule has 0 bridgehead atoms. The Labute approximate surface area is 786 Å². The van der Waals surface area contributed by atoms with Gasteiger partial charge < -0.3 is 66.3 Å². The third kappa shape index (κ3) is 41.0. The summed E-state index contributed by atoms with van der Waals surface area (Å²) >= 11 is 0. The maximum absolute atomic E-state index is 12.7. The van der Waals surface area contributed by atoms with Crippen LogP contribution in [0.3, 0.4) is 0 Å². The van der Waals surface area contributed by atoms with Crippen LogP contribution >= 0.6 is 0 Å². The molecule has 134 heavy (non-hydrogen) atoms. The van der Waals surface area contributed by atoms with Gasteiger partial charge in [0.2, 0.25) is 13.6 Å². The van der Waals surface area contributed by atoms with Crippen LogP contribution < -0.4 is 56.8 Å². The molecule has 0 unspecified atom stereocenters. The van der Waals surface area contributed by atoms with Gasteiger partial charge in [0.15, 0.2) is 0 Å². The molecule has 0 aromatic heterocycles. The average molecular weight is 1830 g/mol. The zero-order valence-electron chi connectivity index (χ0n) is 77.0. The first-order valence-electron chi connectivity index (χ1n) is 44.7. The first kappa shape index (κ1) is 105. The van der Waals surface area contributed by atoms with Crippen LogP contribution in [0.1, 0.15) is 178 Å². The number of aryl methyl sites for hydroxylation is 3. The smallest absolute Gasteiger partial charge is 0.343 e. The molecule has 0 amide bonds. The summed E-state index contributed by atoms with van der Waals surface area (Å²) in [7, 11) is 0. The highest BCUT2D eigenvalue weighted by atomic mass is 17.2. The van der Waals surface area contributed by atoms with Gasteiger partial charge in [0.1, 0.15) is 82.2 Å². The molecule has 0 radical (unpaired) electrons. The number of unbranched alkanes of at least 4 members (excludes halogenated alkanes) is 6. The monoisotopic (exact) mass is 1830 g/mol. The molecule has 1 fully saturated rings. The first-order chi connectivity index (χ1) is 65.3. The van der Waals surface area contributed by atoms with Gasteiger partial charge >= 0.3 is 35.8 Å². The Bertz CT molecular complexity index is 5220. The van der Waals surface area contributed by atoms with E-state index in [2.05, 4.69) is 58.5 Å². The molecule has 0 N–H and O–H groups in total. The van der Waals surface area contributed by atoms with Crippen LogP contribution in [0.15, 0.2) is 294 Å². The van der Waals surface area contributed by atoms with Crippen molar-refractivity contribution in [3.05, 3.63) is 350 Å². The number of carbonyl (C=O) groups excluding carboxylic acids is 6. The van der Waals surface area contributed by atoms with Crippen molar-refractivity contribution in [2.24, 2.45) is 5.92 Å². The largest absolute Gasteiger partial charge is 0.494 e. The molecule has 1 aliphatic rings. The van der Waals surface area contributed by atoms with Gasteiger partial charge in [0.05, 0.1) is 75.1 Å². The Morgan fingerprint density at radius 2 is 0.597 bits per heavy atom. The van der Waals surface area contributed by atoms with E-state index < -0.39 is 23.9 Å². The standard InChI is InChI=1S/C39H48O10.C33H36O10.C22H24O2.C16H14O2/c1-4-24-47-48-28-13-9-8-11-26-43-34-18-20-35(21-19-34)45-30-46-37-23-22-36(29-31(37)3)49-39(41)32-14-16-33(17-15-32)42-25-10-6-7-12-27-44-38(40)5-2;1-4-18-41-42-22-7-20-37-28-12-14-29(15-13-28)39-24-40-31-17-16-30(23-25(31)3)43-33(35)26-8-10-27(11-9-26)36-19-6-21-38-32(34)5-2;1-3-17-6-10-20(11-7-17)22(23)24-21-14-12-19(13-15-21)18-8-4-16(2)5-9-18;1-3-13-6-8-14(9-7-13)16(17)18-15-10-4-12(2)5-11-15/h4-5,14-23,29H,1-2,6-13,24-28,30H2,3H3;4-5,8-17,23H,1-2,6-7,18-22,24H2,3H3;3,6-7,10-16,18H,1,4-5,8-9H2,2H3;3-11H,1H2,2H3. The molecular weight excluding hydrogens is 1710 g/mol. The van der Waals surface area contributed by atoms with Gasteiger partial charge in [-0.2, -0.15) is 0 Å². The van der Waals surface area contributed by atoms with Crippen LogP contribution in [0.5, 0.6) is 69.0 Å². The number of esters is 6. The maximum atomic E-state index is 12.7. The van der Waals surface area contributed by atoms with Crippen LogP contribution in [-0.2, 0) is 38.6 Å². The van der Waals surface area contributed by atoms with Crippen molar-refractivity contribution in [2.45, 2.75) is 124 Å². The number of hydrogen-bond donors (Lipinski definition) is 0. The van der Waals surface area contributed by atoms with Crippen LogP contribution in [-0.4, -0.2) is 115 Å². The fourth-order valence-electron chi connectivity index (χ4n) is 12.7. The molecule has 0 aliphatic heterocycles. The Hall–Kier alpha value is -14.3. The second-order valence-electron chi connectivity index (χ2n) is 30.7. The third-order valence-electron chi connectivity index (χ3n) is 20.3. The van der Waals surface area contributed by atoms with E-state index in [9.17, 15) is 28.8 Å². The van der Waals surface area contributed by atoms with Gasteiger partial charge in [-0.25, -0.2) is 48.3 Å². The molecule has 0 spiro atoms. The van der Waals surface area contributed by atoms with Crippen molar-refractivity contribution < 1.29 is 115 Å². The summed E-state index contributed by atoms with van der Waals surface area (Å²) in [6.07, 6.45) is 23.0. The van der Waals surface area contributed by atoms with Crippen LogP contribution in [0.25, 0.3) is 12.2 Å². The van der Waals surface area contributed by atoms with E-state index >= 15 is 0 Å². The lowest BCUT2D eigenvalue weighted by Gasteiger charge is -2.26. The molecule has 24 heteroatoms. The summed E-state index contributed by atoms with van der Waals surface area (Å²) in [5.74, 6) is 6.20. The number of carbonyl (C=O) groups is 6. The fourth-order valence-corrected chi connectivity index (χ4v) is 12.7. The highest BCUT2D eigenvalue weighted by Crippen LogP contribution is 2.37. The fraction of sp³-hybridized carbons (Fsp3) is 0.291. The van der Waals surface area contributed by atoms with E-state index in [0.29, 0.717) is 164 Å². The Kier molecular flexibility index (Phi) is 48.1. The van der Waals surface area contributed by atoms with Gasteiger partial charge in [0.25, 0.3) is 0 Å². The molecule has 0 atom stereocenters. The summed E-state index contributed by atoms with van der Waals surface area (Å²) in [6, 6.07) is 68.1. The average Bonchev–Trinajstić information content (AvgIpc) is 0.856. The molecule has 0 heterocycles. The minimum absolute atomic E-state index is 0.00336. The SMILES string of the molecule is C=CCOOCCCCCCOc1ccc(OCOc2ccc(OC(=O)c3ccc(OCCCCCCOC(=O)C=C)cc3)cc2C)cc1.C=CCOOCCCOc1ccc(OCOc2ccc(OC(=O)c3ccc(OCCCOC(=O)C=C)cc3)cc2C)cc1.C=Cc1ccc(C(=O)Oc2ccc(C)cc2)cc1.C=Cc1ccc(C(=O)Oc2ccc(C3CCC(C)CC3)cc2)cc1. The van der Waals surface area contributed by atoms with Crippen LogP contribution in [0.2, 0.25) is 0 Å². The van der Waals surface area contributed by atoms with Gasteiger partial charge in [-0.15, -0.1) is 13.2 Å². The van der Waals surface area contributed by atoms with Crippen molar-refractivity contribution in [2.75, 3.05) is 79.7 Å². The number of hydrogen-bond acceptors (Lipinski definition) is 24. The topological polar surface area (TPSA) is 269 Å². The van der Waals surface area contributed by atoms with Crippen LogP contribution in [0, 0.1) is 26.7 Å². The Balaban J connectivity index is 0.000000234. The highest BCUT2D eigenvalue weighted by molar-refractivity contribution is 5.93. The van der Waals surface area contributed by atoms with E-state index in [1.54, 1.807) is 158 Å².